The molecule has 1 aliphatic carbocycles. The molecule has 0 saturated heterocycles. The fourth-order valence-electron chi connectivity index (χ4n) is 3.69. The molecule has 2 aromatic carbocycles. The highest BCUT2D eigenvalue weighted by molar-refractivity contribution is 7.99. The summed E-state index contributed by atoms with van der Waals surface area (Å²) >= 11 is 1.65. The van der Waals surface area contributed by atoms with Crippen LogP contribution in [-0.2, 0) is 14.3 Å². The van der Waals surface area contributed by atoms with Gasteiger partial charge in [0.05, 0.1) is 11.4 Å². The lowest BCUT2D eigenvalue weighted by molar-refractivity contribution is -0.148. The number of fused-ring (bicyclic) bond motifs is 2. The highest BCUT2D eigenvalue weighted by Gasteiger charge is 2.28. The van der Waals surface area contributed by atoms with E-state index in [2.05, 4.69) is 0 Å². The summed E-state index contributed by atoms with van der Waals surface area (Å²) in [7, 11) is 0. The predicted molar refractivity (Wildman–Crippen MR) is 102 cm³/mol. The first-order valence-corrected chi connectivity index (χ1v) is 9.88. The van der Waals surface area contributed by atoms with Gasteiger partial charge in [0.2, 0.25) is 0 Å². The molecular weight excluding hydrogens is 346 g/mol. The average Bonchev–Trinajstić information content (AvgIpc) is 3.17. The Morgan fingerprint density at radius 1 is 0.962 bits per heavy atom. The van der Waals surface area contributed by atoms with Crippen molar-refractivity contribution in [3.63, 3.8) is 0 Å². The lowest BCUT2D eigenvalue weighted by atomic mass is 10.0. The quantitative estimate of drug-likeness (QED) is 0.718. The minimum Gasteiger partial charge on any atom is -0.456 e. The first-order valence-electron chi connectivity index (χ1n) is 9.07. The number of hydrogen-bond donors (Lipinski definition) is 0. The molecule has 1 amide bonds. The molecule has 0 radical (unpaired) electrons. The Balaban J connectivity index is 1.49. The fraction of sp³-hybridized carbons (Fsp3) is 0.333. The van der Waals surface area contributed by atoms with Crippen LogP contribution in [0.25, 0.3) is 0 Å². The number of ether oxygens (including phenoxy) is 1. The molecule has 26 heavy (non-hydrogen) atoms. The number of rotatable bonds is 4. The zero-order valence-electron chi connectivity index (χ0n) is 14.5. The third kappa shape index (κ3) is 3.49. The van der Waals surface area contributed by atoms with E-state index in [0.717, 1.165) is 34.0 Å². The van der Waals surface area contributed by atoms with Crippen molar-refractivity contribution in [3.8, 4) is 0 Å². The lowest BCUT2D eigenvalue weighted by Gasteiger charge is -2.30. The Labute approximate surface area is 157 Å². The van der Waals surface area contributed by atoms with E-state index in [1.165, 1.54) is 12.8 Å². The van der Waals surface area contributed by atoms with E-state index in [1.54, 1.807) is 16.7 Å². The molecule has 1 saturated carbocycles. The summed E-state index contributed by atoms with van der Waals surface area (Å²) in [5.41, 5.74) is 1.68. The number of anilines is 2. The Bertz CT molecular complexity index is 784. The van der Waals surface area contributed by atoms with Gasteiger partial charge in [-0.1, -0.05) is 48.9 Å². The van der Waals surface area contributed by atoms with E-state index in [-0.39, 0.29) is 18.5 Å². The zero-order valence-corrected chi connectivity index (χ0v) is 15.3. The third-order valence-electron chi connectivity index (χ3n) is 4.97. The van der Waals surface area contributed by atoms with E-state index >= 15 is 0 Å². The number of para-hydroxylation sites is 2. The molecule has 134 valence electrons. The smallest absolute Gasteiger partial charge is 0.306 e. The van der Waals surface area contributed by atoms with Crippen molar-refractivity contribution in [3.05, 3.63) is 48.5 Å². The molecule has 1 heterocycles. The standard InChI is InChI=1S/C21H21NO3S/c23-20(14-25-21(24)13-15-7-1-2-8-15)22-16-9-3-5-11-18(16)26-19-12-6-4-10-17(19)22/h3-6,9-12,15H,1-2,7-8,13-14H2. The van der Waals surface area contributed by atoms with Crippen molar-refractivity contribution in [1.29, 1.82) is 0 Å². The lowest BCUT2D eigenvalue weighted by Crippen LogP contribution is -2.32. The first-order chi connectivity index (χ1) is 12.7. The number of hydrogen-bond acceptors (Lipinski definition) is 4. The number of esters is 1. The van der Waals surface area contributed by atoms with Crippen LogP contribution in [0.5, 0.6) is 0 Å². The van der Waals surface area contributed by atoms with Gasteiger partial charge in [0.25, 0.3) is 5.91 Å². The molecule has 0 bridgehead atoms. The molecule has 4 rings (SSSR count). The maximum absolute atomic E-state index is 12.9. The van der Waals surface area contributed by atoms with Crippen LogP contribution < -0.4 is 4.90 Å². The molecule has 4 nitrogen and oxygen atoms in total. The minimum atomic E-state index is -0.266. The number of amides is 1. The summed E-state index contributed by atoms with van der Waals surface area (Å²) in [6.45, 7) is -0.223. The van der Waals surface area contributed by atoms with Crippen molar-refractivity contribution in [2.75, 3.05) is 11.5 Å². The number of nitrogens with zero attached hydrogens (tertiary/aromatic N) is 1. The molecule has 0 aromatic heterocycles. The third-order valence-corrected chi connectivity index (χ3v) is 6.10. The van der Waals surface area contributed by atoms with E-state index < -0.39 is 0 Å². The highest BCUT2D eigenvalue weighted by atomic mass is 32.2. The van der Waals surface area contributed by atoms with E-state index in [9.17, 15) is 9.59 Å². The summed E-state index contributed by atoms with van der Waals surface area (Å²) in [4.78, 5) is 28.7. The number of benzene rings is 2. The molecule has 0 spiro atoms. The molecular formula is C21H21NO3S. The minimum absolute atomic E-state index is 0.218. The van der Waals surface area contributed by atoms with Gasteiger partial charge in [-0.3, -0.25) is 14.5 Å². The van der Waals surface area contributed by atoms with Gasteiger partial charge >= 0.3 is 5.97 Å². The summed E-state index contributed by atoms with van der Waals surface area (Å²) in [6.07, 6.45) is 4.99. The second kappa shape index (κ2) is 7.54. The zero-order chi connectivity index (χ0) is 17.9. The monoisotopic (exact) mass is 367 g/mol. The van der Waals surface area contributed by atoms with Crippen LogP contribution in [0.1, 0.15) is 32.1 Å². The van der Waals surface area contributed by atoms with Gasteiger partial charge in [-0.05, 0) is 43.0 Å². The maximum Gasteiger partial charge on any atom is 0.306 e. The molecule has 2 aliphatic rings. The number of carbonyl (C=O) groups excluding carboxylic acids is 2. The van der Waals surface area contributed by atoms with Crippen molar-refractivity contribution in [1.82, 2.24) is 0 Å². The van der Waals surface area contributed by atoms with E-state index in [4.69, 9.17) is 4.74 Å². The van der Waals surface area contributed by atoms with Crippen LogP contribution in [0.2, 0.25) is 0 Å². The normalized spacial score (nSPS) is 16.1. The van der Waals surface area contributed by atoms with Crippen LogP contribution in [0.15, 0.2) is 58.3 Å². The van der Waals surface area contributed by atoms with Gasteiger partial charge < -0.3 is 4.74 Å². The van der Waals surface area contributed by atoms with Gasteiger partial charge in [0, 0.05) is 16.2 Å². The topological polar surface area (TPSA) is 46.6 Å². The van der Waals surface area contributed by atoms with Gasteiger partial charge in [-0.15, -0.1) is 0 Å². The van der Waals surface area contributed by atoms with Crippen molar-refractivity contribution in [2.24, 2.45) is 5.92 Å². The van der Waals surface area contributed by atoms with Crippen molar-refractivity contribution < 1.29 is 14.3 Å². The largest absolute Gasteiger partial charge is 0.456 e. The second-order valence-electron chi connectivity index (χ2n) is 6.78. The second-order valence-corrected chi connectivity index (χ2v) is 7.87. The SMILES string of the molecule is O=C(CC1CCCC1)OCC(=O)N1c2ccccc2Sc2ccccc21. The maximum atomic E-state index is 12.9. The molecule has 1 fully saturated rings. The molecule has 1 aliphatic heterocycles. The van der Waals surface area contributed by atoms with Crippen molar-refractivity contribution in [2.45, 2.75) is 41.9 Å². The van der Waals surface area contributed by atoms with Crippen LogP contribution in [0, 0.1) is 5.92 Å². The first kappa shape index (κ1) is 17.2. The van der Waals surface area contributed by atoms with Crippen LogP contribution in [0.3, 0.4) is 0 Å². The van der Waals surface area contributed by atoms with Crippen LogP contribution in [-0.4, -0.2) is 18.5 Å². The fourth-order valence-corrected chi connectivity index (χ4v) is 4.75. The molecule has 0 N–H and O–H groups in total. The van der Waals surface area contributed by atoms with E-state index in [1.807, 2.05) is 48.5 Å². The molecule has 0 atom stereocenters. The molecule has 5 heteroatoms. The Kier molecular flexibility index (Phi) is 4.98. The Hall–Kier alpha value is -2.27. The summed E-state index contributed by atoms with van der Waals surface area (Å²) in [6, 6.07) is 15.6. The molecule has 0 unspecified atom stereocenters. The Morgan fingerprint density at radius 2 is 1.54 bits per heavy atom. The summed E-state index contributed by atoms with van der Waals surface area (Å²) < 4.78 is 5.31. The highest BCUT2D eigenvalue weighted by Crippen LogP contribution is 2.47. The van der Waals surface area contributed by atoms with Gasteiger partial charge in [-0.2, -0.15) is 0 Å². The van der Waals surface area contributed by atoms with Gasteiger partial charge in [-0.25, -0.2) is 0 Å². The predicted octanol–water partition coefficient (Wildman–Crippen LogP) is 4.94. The van der Waals surface area contributed by atoms with Gasteiger partial charge in [0.15, 0.2) is 6.61 Å². The van der Waals surface area contributed by atoms with Crippen LogP contribution >= 0.6 is 11.8 Å². The van der Waals surface area contributed by atoms with Gasteiger partial charge in [0.1, 0.15) is 0 Å². The van der Waals surface area contributed by atoms with Crippen molar-refractivity contribution >= 4 is 35.0 Å². The number of carbonyl (C=O) groups is 2. The molecule has 2 aromatic rings. The summed E-state index contributed by atoms with van der Waals surface area (Å²) in [5.74, 6) is -0.0615. The summed E-state index contributed by atoms with van der Waals surface area (Å²) in [5, 5.41) is 0. The van der Waals surface area contributed by atoms with Crippen LogP contribution in [0.4, 0.5) is 11.4 Å². The average molecular weight is 367 g/mol. The Morgan fingerprint density at radius 3 is 2.15 bits per heavy atom. The van der Waals surface area contributed by atoms with E-state index in [0.29, 0.717) is 12.3 Å².